The lowest BCUT2D eigenvalue weighted by Gasteiger charge is -2.30. The summed E-state index contributed by atoms with van der Waals surface area (Å²) in [6.07, 6.45) is 0. The summed E-state index contributed by atoms with van der Waals surface area (Å²) in [5, 5.41) is 7.52. The number of hydrogen-bond acceptors (Lipinski definition) is 2. The van der Waals surface area contributed by atoms with Crippen molar-refractivity contribution in [3.63, 3.8) is 0 Å². The number of benzene rings is 9. The fourth-order valence-corrected chi connectivity index (χ4v) is 9.00. The number of nitrogens with zero attached hydrogens (tertiary/aromatic N) is 1. The number of fused-ring (bicyclic) bond motifs is 6. The van der Waals surface area contributed by atoms with E-state index >= 15 is 0 Å². The summed E-state index contributed by atoms with van der Waals surface area (Å²) < 4.78 is 2.60. The highest BCUT2D eigenvalue weighted by atomic mass is 32.1. The van der Waals surface area contributed by atoms with Crippen LogP contribution in [0.1, 0.15) is 0 Å². The monoisotopic (exact) mass is 679 g/mol. The van der Waals surface area contributed by atoms with Crippen LogP contribution in [0, 0.1) is 0 Å². The molecule has 0 atom stereocenters. The van der Waals surface area contributed by atoms with Gasteiger partial charge in [0.05, 0.1) is 11.4 Å². The molecule has 0 aliphatic heterocycles. The molecule has 0 fully saturated rings. The Morgan fingerprint density at radius 2 is 0.846 bits per heavy atom. The minimum Gasteiger partial charge on any atom is -0.309 e. The molecule has 244 valence electrons. The van der Waals surface area contributed by atoms with Gasteiger partial charge in [-0.15, -0.1) is 11.3 Å². The van der Waals surface area contributed by atoms with Gasteiger partial charge in [-0.2, -0.15) is 0 Å². The van der Waals surface area contributed by atoms with Crippen molar-refractivity contribution < 1.29 is 0 Å². The first-order valence-electron chi connectivity index (χ1n) is 17.8. The Morgan fingerprint density at radius 1 is 0.308 bits per heavy atom. The van der Waals surface area contributed by atoms with E-state index in [1.54, 1.807) is 0 Å². The SMILES string of the molecule is c1ccc(-c2ccccc2-c2ccccc2-c2ccccc2N(c2ccc3sc4ccccc4c3c2)c2cc3ccccc3c3ccccc23)cc1. The van der Waals surface area contributed by atoms with Crippen molar-refractivity contribution in [3.8, 4) is 33.4 Å². The molecule has 52 heavy (non-hydrogen) atoms. The summed E-state index contributed by atoms with van der Waals surface area (Å²) in [6, 6.07) is 73.0. The minimum absolute atomic E-state index is 1.13. The van der Waals surface area contributed by atoms with Gasteiger partial charge < -0.3 is 4.90 Å². The number of anilines is 3. The molecular weight excluding hydrogens is 647 g/mol. The Bertz CT molecular complexity index is 2920. The molecule has 0 radical (unpaired) electrons. The molecule has 0 unspecified atom stereocenters. The summed E-state index contributed by atoms with van der Waals surface area (Å²) in [5.74, 6) is 0. The highest BCUT2D eigenvalue weighted by Crippen LogP contribution is 2.48. The van der Waals surface area contributed by atoms with E-state index in [-0.39, 0.29) is 0 Å². The zero-order chi connectivity index (χ0) is 34.4. The van der Waals surface area contributed by atoms with E-state index in [4.69, 9.17) is 0 Å². The van der Waals surface area contributed by atoms with Gasteiger partial charge in [0, 0.05) is 36.8 Å². The fourth-order valence-electron chi connectivity index (χ4n) is 7.92. The second kappa shape index (κ2) is 12.7. The molecule has 0 saturated heterocycles. The molecule has 0 bridgehead atoms. The maximum atomic E-state index is 2.50. The molecule has 0 amide bonds. The van der Waals surface area contributed by atoms with Crippen molar-refractivity contribution in [2.45, 2.75) is 0 Å². The van der Waals surface area contributed by atoms with Crippen LogP contribution in [0.4, 0.5) is 17.1 Å². The van der Waals surface area contributed by atoms with Crippen LogP contribution in [0.2, 0.25) is 0 Å². The average molecular weight is 680 g/mol. The predicted octanol–water partition coefficient (Wildman–Crippen LogP) is 14.8. The average Bonchev–Trinajstić information content (AvgIpc) is 3.60. The molecule has 0 N–H and O–H groups in total. The fraction of sp³-hybridized carbons (Fsp3) is 0. The summed E-state index contributed by atoms with van der Waals surface area (Å²) in [4.78, 5) is 2.50. The molecule has 9 aromatic carbocycles. The van der Waals surface area contributed by atoms with E-state index in [2.05, 4.69) is 205 Å². The highest BCUT2D eigenvalue weighted by molar-refractivity contribution is 7.25. The molecule has 10 aromatic rings. The van der Waals surface area contributed by atoms with E-state index in [1.165, 1.54) is 75.1 Å². The van der Waals surface area contributed by atoms with Crippen LogP contribution in [-0.4, -0.2) is 0 Å². The molecule has 0 aliphatic carbocycles. The molecule has 2 heteroatoms. The molecular formula is C50H33NS. The van der Waals surface area contributed by atoms with E-state index in [1.807, 2.05) is 11.3 Å². The van der Waals surface area contributed by atoms with Crippen LogP contribution in [-0.2, 0) is 0 Å². The summed E-state index contributed by atoms with van der Waals surface area (Å²) in [6.45, 7) is 0. The quantitative estimate of drug-likeness (QED) is 0.158. The largest absolute Gasteiger partial charge is 0.309 e. The number of hydrogen-bond donors (Lipinski definition) is 0. The van der Waals surface area contributed by atoms with Gasteiger partial charge in [-0.25, -0.2) is 0 Å². The molecule has 0 spiro atoms. The van der Waals surface area contributed by atoms with Crippen molar-refractivity contribution in [2.75, 3.05) is 4.90 Å². The maximum absolute atomic E-state index is 2.50. The first-order chi connectivity index (χ1) is 25.8. The number of rotatable bonds is 6. The number of thiophene rings is 1. The molecule has 1 aromatic heterocycles. The van der Waals surface area contributed by atoms with Crippen molar-refractivity contribution in [3.05, 3.63) is 200 Å². The van der Waals surface area contributed by atoms with E-state index < -0.39 is 0 Å². The normalized spacial score (nSPS) is 11.5. The molecule has 0 aliphatic rings. The molecule has 1 heterocycles. The zero-order valence-corrected chi connectivity index (χ0v) is 29.2. The molecule has 1 nitrogen and oxygen atoms in total. The lowest BCUT2D eigenvalue weighted by Crippen LogP contribution is -2.12. The van der Waals surface area contributed by atoms with Gasteiger partial charge in [0.15, 0.2) is 0 Å². The van der Waals surface area contributed by atoms with E-state index in [9.17, 15) is 0 Å². The van der Waals surface area contributed by atoms with Gasteiger partial charge in [0.2, 0.25) is 0 Å². The van der Waals surface area contributed by atoms with Crippen LogP contribution in [0.3, 0.4) is 0 Å². The first-order valence-corrected chi connectivity index (χ1v) is 18.6. The Morgan fingerprint density at radius 3 is 1.63 bits per heavy atom. The van der Waals surface area contributed by atoms with Gasteiger partial charge in [-0.05, 0) is 80.4 Å². The lowest BCUT2D eigenvalue weighted by molar-refractivity contribution is 1.31. The smallest absolute Gasteiger partial charge is 0.0546 e. The van der Waals surface area contributed by atoms with Crippen LogP contribution in [0.15, 0.2) is 200 Å². The van der Waals surface area contributed by atoms with Crippen LogP contribution < -0.4 is 4.90 Å². The van der Waals surface area contributed by atoms with Crippen molar-refractivity contribution >= 4 is 70.1 Å². The van der Waals surface area contributed by atoms with Gasteiger partial charge >= 0.3 is 0 Å². The zero-order valence-electron chi connectivity index (χ0n) is 28.4. The molecule has 10 rings (SSSR count). The molecule has 0 saturated carbocycles. The Balaban J connectivity index is 1.26. The van der Waals surface area contributed by atoms with Crippen molar-refractivity contribution in [1.82, 2.24) is 0 Å². The van der Waals surface area contributed by atoms with Gasteiger partial charge in [-0.3, -0.25) is 0 Å². The standard InChI is InChI=1S/C50H33NS/c1-2-16-34(17-3-1)37-19-6-7-21-39(37)41-23-8-9-24-42(41)43-25-12-14-28-47(43)51(36-30-31-50-46(33-36)45-27-13-15-29-49(45)52-50)48-32-35-18-4-5-20-38(35)40-22-10-11-26-44(40)48/h1-33H. The maximum Gasteiger partial charge on any atom is 0.0546 e. The van der Waals surface area contributed by atoms with Gasteiger partial charge in [0.25, 0.3) is 0 Å². The Kier molecular flexibility index (Phi) is 7.41. The first kappa shape index (κ1) is 30.4. The topological polar surface area (TPSA) is 3.24 Å². The second-order valence-electron chi connectivity index (χ2n) is 13.3. The van der Waals surface area contributed by atoms with Crippen LogP contribution in [0.5, 0.6) is 0 Å². The van der Waals surface area contributed by atoms with Gasteiger partial charge in [-0.1, -0.05) is 164 Å². The summed E-state index contributed by atoms with van der Waals surface area (Å²) in [7, 11) is 0. The minimum atomic E-state index is 1.13. The van der Waals surface area contributed by atoms with Crippen LogP contribution >= 0.6 is 11.3 Å². The third-order valence-electron chi connectivity index (χ3n) is 10.3. The Labute approximate surface area is 307 Å². The highest BCUT2D eigenvalue weighted by Gasteiger charge is 2.23. The predicted molar refractivity (Wildman–Crippen MR) is 225 cm³/mol. The third kappa shape index (κ3) is 5.07. The van der Waals surface area contributed by atoms with Crippen LogP contribution in [0.25, 0.3) is 75.1 Å². The third-order valence-corrected chi connectivity index (χ3v) is 11.4. The summed E-state index contributed by atoms with van der Waals surface area (Å²) in [5.41, 5.74) is 10.6. The summed E-state index contributed by atoms with van der Waals surface area (Å²) >= 11 is 1.86. The number of para-hydroxylation sites is 1. The second-order valence-corrected chi connectivity index (χ2v) is 14.3. The van der Waals surface area contributed by atoms with E-state index in [0.717, 1.165) is 17.1 Å². The van der Waals surface area contributed by atoms with Crippen molar-refractivity contribution in [1.29, 1.82) is 0 Å². The Hall–Kier alpha value is -6.48. The van der Waals surface area contributed by atoms with Crippen molar-refractivity contribution in [2.24, 2.45) is 0 Å². The van der Waals surface area contributed by atoms with E-state index in [0.29, 0.717) is 0 Å². The van der Waals surface area contributed by atoms with Gasteiger partial charge in [0.1, 0.15) is 0 Å². The lowest BCUT2D eigenvalue weighted by atomic mass is 9.88.